The van der Waals surface area contributed by atoms with Crippen LogP contribution < -0.4 is 5.32 Å². The lowest BCUT2D eigenvalue weighted by Gasteiger charge is -2.44. The average Bonchev–Trinajstić information content (AvgIpc) is 3.50. The number of piperidine rings is 1. The van der Waals surface area contributed by atoms with Crippen LogP contribution in [0.3, 0.4) is 0 Å². The second kappa shape index (κ2) is 13.0. The van der Waals surface area contributed by atoms with Crippen molar-refractivity contribution in [3.63, 3.8) is 0 Å². The largest absolute Gasteiger partial charge is 0.392 e. The van der Waals surface area contributed by atoms with Gasteiger partial charge in [0.15, 0.2) is 12.1 Å². The number of hydrogen-bond donors (Lipinski definition) is 2. The fraction of sp³-hybridized carbons (Fsp3) is 0.441. The first kappa shape index (κ1) is 29.0. The predicted octanol–water partition coefficient (Wildman–Crippen LogP) is 4.74. The van der Waals surface area contributed by atoms with E-state index >= 15 is 0 Å². The Hall–Kier alpha value is -3.11. The minimum atomic E-state index is -0.528. The van der Waals surface area contributed by atoms with Crippen molar-refractivity contribution in [1.82, 2.24) is 10.2 Å². The lowest BCUT2D eigenvalue weighted by atomic mass is 9.89. The van der Waals surface area contributed by atoms with E-state index in [-0.39, 0.29) is 30.6 Å². The van der Waals surface area contributed by atoms with Crippen LogP contribution in [0.2, 0.25) is 0 Å². The number of carbonyl (C=O) groups excluding carboxylic acids is 1. The maximum atomic E-state index is 12.5. The van der Waals surface area contributed by atoms with Gasteiger partial charge in [-0.25, -0.2) is 0 Å². The highest BCUT2D eigenvalue weighted by Gasteiger charge is 2.43. The molecule has 1 spiro atoms. The Morgan fingerprint density at radius 3 is 2.19 bits per heavy atom. The molecule has 3 aromatic rings. The number of carbonyl (C=O) groups is 1. The topological polar surface area (TPSA) is 89.5 Å². The summed E-state index contributed by atoms with van der Waals surface area (Å²) >= 11 is 0. The summed E-state index contributed by atoms with van der Waals surface area (Å²) in [4.78, 5) is 14.9. The zero-order chi connectivity index (χ0) is 28.9. The van der Waals surface area contributed by atoms with Gasteiger partial charge in [-0.05, 0) is 28.8 Å². The molecule has 8 nitrogen and oxygen atoms in total. The van der Waals surface area contributed by atoms with Crippen LogP contribution in [-0.2, 0) is 32.1 Å². The molecule has 3 heterocycles. The Balaban J connectivity index is 1.15. The number of aliphatic hydroxyl groups is 1. The Kier molecular flexibility index (Phi) is 9.00. The third-order valence-corrected chi connectivity index (χ3v) is 8.73. The van der Waals surface area contributed by atoms with Gasteiger partial charge in [0.2, 0.25) is 0 Å². The lowest BCUT2D eigenvalue weighted by Crippen LogP contribution is -2.50. The van der Waals surface area contributed by atoms with Crippen molar-refractivity contribution in [3.05, 3.63) is 107 Å². The molecular formula is C34H40N2O6. The Labute approximate surface area is 247 Å². The minimum Gasteiger partial charge on any atom is -0.392 e. The average molecular weight is 573 g/mol. The molecule has 1 amide bonds. The van der Waals surface area contributed by atoms with Gasteiger partial charge in [-0.2, -0.15) is 0 Å². The summed E-state index contributed by atoms with van der Waals surface area (Å²) in [5, 5.41) is 12.5. The molecule has 0 aliphatic carbocycles. The normalized spacial score (nSPS) is 25.9. The van der Waals surface area contributed by atoms with Crippen LogP contribution >= 0.6 is 0 Å². The predicted molar refractivity (Wildman–Crippen MR) is 157 cm³/mol. The van der Waals surface area contributed by atoms with E-state index in [0.717, 1.165) is 54.7 Å². The zero-order valence-electron chi connectivity index (χ0n) is 24.1. The molecule has 222 valence electrons. The van der Waals surface area contributed by atoms with Crippen molar-refractivity contribution < 1.29 is 28.8 Å². The molecule has 0 bridgehead atoms. The van der Waals surface area contributed by atoms with Gasteiger partial charge in [0, 0.05) is 56.1 Å². The zero-order valence-corrected chi connectivity index (χ0v) is 24.1. The van der Waals surface area contributed by atoms with Crippen molar-refractivity contribution in [2.75, 3.05) is 32.8 Å². The molecule has 0 radical (unpaired) electrons. The van der Waals surface area contributed by atoms with Crippen molar-refractivity contribution in [2.24, 2.45) is 5.92 Å². The van der Waals surface area contributed by atoms with E-state index in [1.165, 1.54) is 0 Å². The van der Waals surface area contributed by atoms with Crippen molar-refractivity contribution in [1.29, 1.82) is 0 Å². The maximum absolute atomic E-state index is 12.5. The molecule has 42 heavy (non-hydrogen) atoms. The Bertz CT molecular complexity index is 1300. The van der Waals surface area contributed by atoms with Crippen LogP contribution in [0.5, 0.6) is 0 Å². The number of rotatable bonds is 8. The van der Waals surface area contributed by atoms with Gasteiger partial charge in [0.25, 0.3) is 5.91 Å². The summed E-state index contributed by atoms with van der Waals surface area (Å²) in [5.41, 5.74) is 4.53. The smallest absolute Gasteiger partial charge is 0.251 e. The lowest BCUT2D eigenvalue weighted by molar-refractivity contribution is -0.278. The SMILES string of the molecule is C[C@H]1[C@@H](CN2CCC3(CC2)OCCO3)O[C@@H](c2ccc(CNC(=O)c3ccccc3)cc2)O[C@H]1c1ccc(CO)cc1. The minimum absolute atomic E-state index is 0.0117. The molecule has 6 rings (SSSR count). The van der Waals surface area contributed by atoms with E-state index in [1.807, 2.05) is 66.7 Å². The number of nitrogens with one attached hydrogen (secondary N) is 1. The van der Waals surface area contributed by atoms with Crippen LogP contribution in [0, 0.1) is 5.92 Å². The first-order valence-electron chi connectivity index (χ1n) is 14.9. The summed E-state index contributed by atoms with van der Waals surface area (Å²) in [6, 6.07) is 25.3. The fourth-order valence-electron chi connectivity index (χ4n) is 6.11. The van der Waals surface area contributed by atoms with Crippen LogP contribution in [-0.4, -0.2) is 60.7 Å². The van der Waals surface area contributed by atoms with E-state index < -0.39 is 12.1 Å². The van der Waals surface area contributed by atoms with Crippen LogP contribution in [0.25, 0.3) is 0 Å². The van der Waals surface area contributed by atoms with Gasteiger partial charge >= 0.3 is 0 Å². The number of amides is 1. The standard InChI is InChI=1S/C34H40N2O6/c1-24-30(22-36-17-15-34(16-18-36)39-19-20-40-34)41-33(42-31(24)27-11-9-26(23-37)10-12-27)29-13-7-25(8-14-29)21-35-32(38)28-5-3-2-4-6-28/h2-14,24,30-31,33,37H,15-23H2,1H3,(H,35,38)/t24-,30+,31+,33+/m0/s1. The third-order valence-electron chi connectivity index (χ3n) is 8.73. The van der Waals surface area contributed by atoms with Crippen molar-refractivity contribution in [2.45, 2.75) is 57.2 Å². The highest BCUT2D eigenvalue weighted by atomic mass is 16.7. The van der Waals surface area contributed by atoms with Gasteiger partial charge in [0.1, 0.15) is 0 Å². The summed E-state index contributed by atoms with van der Waals surface area (Å²) in [5.74, 6) is -0.385. The number of hydrogen-bond acceptors (Lipinski definition) is 7. The van der Waals surface area contributed by atoms with E-state index in [9.17, 15) is 9.90 Å². The van der Waals surface area contributed by atoms with Crippen molar-refractivity contribution >= 4 is 5.91 Å². The maximum Gasteiger partial charge on any atom is 0.251 e. The highest BCUT2D eigenvalue weighted by molar-refractivity contribution is 5.94. The van der Waals surface area contributed by atoms with Crippen LogP contribution in [0.15, 0.2) is 78.9 Å². The van der Waals surface area contributed by atoms with Gasteiger partial charge in [-0.15, -0.1) is 0 Å². The summed E-state index contributed by atoms with van der Waals surface area (Å²) in [6.07, 6.45) is 0.990. The number of likely N-dealkylation sites (tertiary alicyclic amines) is 1. The molecule has 2 N–H and O–H groups in total. The first-order valence-corrected chi connectivity index (χ1v) is 14.9. The van der Waals surface area contributed by atoms with E-state index in [0.29, 0.717) is 25.3 Å². The first-order chi connectivity index (χ1) is 20.5. The Morgan fingerprint density at radius 1 is 0.881 bits per heavy atom. The molecular weight excluding hydrogens is 532 g/mol. The van der Waals surface area contributed by atoms with E-state index in [4.69, 9.17) is 18.9 Å². The molecule has 8 heteroatoms. The molecule has 3 aliphatic heterocycles. The molecule has 3 saturated heterocycles. The second-order valence-corrected chi connectivity index (χ2v) is 11.5. The second-order valence-electron chi connectivity index (χ2n) is 11.5. The quantitative estimate of drug-likeness (QED) is 0.403. The molecule has 0 unspecified atom stereocenters. The van der Waals surface area contributed by atoms with Crippen LogP contribution in [0.4, 0.5) is 0 Å². The molecule has 3 aliphatic rings. The summed E-state index contributed by atoms with van der Waals surface area (Å²) in [7, 11) is 0. The van der Waals surface area contributed by atoms with E-state index in [2.05, 4.69) is 17.1 Å². The van der Waals surface area contributed by atoms with Gasteiger partial charge in [-0.1, -0.05) is 73.7 Å². The summed E-state index contributed by atoms with van der Waals surface area (Å²) in [6.45, 7) is 6.59. The van der Waals surface area contributed by atoms with Crippen molar-refractivity contribution in [3.8, 4) is 0 Å². The number of aliphatic hydroxyl groups excluding tert-OH is 1. The van der Waals surface area contributed by atoms with Gasteiger partial charge in [-0.3, -0.25) is 4.79 Å². The van der Waals surface area contributed by atoms with Gasteiger partial charge in [0.05, 0.1) is 32.0 Å². The monoisotopic (exact) mass is 572 g/mol. The van der Waals surface area contributed by atoms with Gasteiger partial charge < -0.3 is 34.3 Å². The molecule has 0 aromatic heterocycles. The molecule has 4 atom stereocenters. The summed E-state index contributed by atoms with van der Waals surface area (Å²) < 4.78 is 25.1. The third kappa shape index (κ3) is 6.59. The molecule has 3 aromatic carbocycles. The van der Waals surface area contributed by atoms with E-state index in [1.54, 1.807) is 12.1 Å². The number of ether oxygens (including phenoxy) is 4. The Morgan fingerprint density at radius 2 is 1.52 bits per heavy atom. The molecule has 0 saturated carbocycles. The van der Waals surface area contributed by atoms with Crippen LogP contribution in [0.1, 0.15) is 64.8 Å². The fourth-order valence-corrected chi connectivity index (χ4v) is 6.11. The number of nitrogens with zero attached hydrogens (tertiary/aromatic N) is 1. The number of benzene rings is 3. The molecule has 3 fully saturated rings. The highest BCUT2D eigenvalue weighted by Crippen LogP contribution is 2.42.